The quantitative estimate of drug-likeness (QED) is 0.565. The summed E-state index contributed by atoms with van der Waals surface area (Å²) >= 11 is 3.28. The minimum atomic E-state index is -4.52. The molecule has 2 nitrogen and oxygen atoms in total. The second kappa shape index (κ2) is 7.39. The van der Waals surface area contributed by atoms with E-state index in [1.807, 2.05) is 0 Å². The van der Waals surface area contributed by atoms with Crippen molar-refractivity contribution in [2.75, 3.05) is 11.9 Å². The molecule has 6 heteroatoms. The predicted octanol–water partition coefficient (Wildman–Crippen LogP) is 4.52. The summed E-state index contributed by atoms with van der Waals surface area (Å²) in [5, 5.41) is 9.50. The number of halogens is 4. The number of benzene rings is 1. The van der Waals surface area contributed by atoms with E-state index in [-0.39, 0.29) is 17.9 Å². The number of nitrogens with zero attached hydrogens (tertiary/aromatic N) is 1. The standard InChI is InChI=1S/C13H13BrF3NO/c14-6-2-1-3-7-19-12-5-4-10(9-18)8-11(12)13(15,16)17/h4-5,8H,1-3,6-7H2. The van der Waals surface area contributed by atoms with Gasteiger partial charge in [0.05, 0.1) is 23.8 Å². The summed E-state index contributed by atoms with van der Waals surface area (Å²) in [7, 11) is 0. The molecule has 0 aliphatic heterocycles. The van der Waals surface area contributed by atoms with Crippen LogP contribution in [0.25, 0.3) is 0 Å². The van der Waals surface area contributed by atoms with Gasteiger partial charge in [0, 0.05) is 5.33 Å². The Kier molecular flexibility index (Phi) is 6.16. The fourth-order valence-corrected chi connectivity index (χ4v) is 1.90. The van der Waals surface area contributed by atoms with E-state index in [0.29, 0.717) is 6.42 Å². The number of alkyl halides is 4. The van der Waals surface area contributed by atoms with Gasteiger partial charge in [-0.2, -0.15) is 18.4 Å². The average molecular weight is 336 g/mol. The molecule has 0 saturated carbocycles. The first-order valence-electron chi connectivity index (χ1n) is 5.79. The summed E-state index contributed by atoms with van der Waals surface area (Å²) in [6.07, 6.45) is -1.97. The van der Waals surface area contributed by atoms with Gasteiger partial charge in [0.1, 0.15) is 5.75 Å². The van der Waals surface area contributed by atoms with Gasteiger partial charge in [-0.05, 0) is 37.5 Å². The van der Waals surface area contributed by atoms with Crippen molar-refractivity contribution in [1.29, 1.82) is 5.26 Å². The van der Waals surface area contributed by atoms with Crippen LogP contribution in [0.5, 0.6) is 5.75 Å². The second-order valence-electron chi connectivity index (χ2n) is 3.92. The van der Waals surface area contributed by atoms with Crippen molar-refractivity contribution in [2.24, 2.45) is 0 Å². The first-order valence-corrected chi connectivity index (χ1v) is 6.91. The topological polar surface area (TPSA) is 33.0 Å². The van der Waals surface area contributed by atoms with Crippen LogP contribution in [0.4, 0.5) is 13.2 Å². The fraction of sp³-hybridized carbons (Fsp3) is 0.462. The highest BCUT2D eigenvalue weighted by molar-refractivity contribution is 9.09. The first kappa shape index (κ1) is 15.8. The molecule has 0 atom stereocenters. The molecule has 0 unspecified atom stereocenters. The molecular formula is C13H13BrF3NO. The lowest BCUT2D eigenvalue weighted by molar-refractivity contribution is -0.139. The smallest absolute Gasteiger partial charge is 0.420 e. The normalized spacial score (nSPS) is 11.1. The number of nitriles is 1. The van der Waals surface area contributed by atoms with Crippen LogP contribution in [0.15, 0.2) is 18.2 Å². The molecule has 0 radical (unpaired) electrons. The molecule has 0 fully saturated rings. The van der Waals surface area contributed by atoms with Gasteiger partial charge in [-0.25, -0.2) is 0 Å². The molecule has 0 bridgehead atoms. The molecule has 0 aromatic heterocycles. The van der Waals surface area contributed by atoms with Gasteiger partial charge in [0.25, 0.3) is 0 Å². The van der Waals surface area contributed by atoms with E-state index >= 15 is 0 Å². The summed E-state index contributed by atoms with van der Waals surface area (Å²) in [4.78, 5) is 0. The fourth-order valence-electron chi connectivity index (χ4n) is 1.50. The zero-order valence-corrected chi connectivity index (χ0v) is 11.7. The third-order valence-electron chi connectivity index (χ3n) is 2.45. The Balaban J connectivity index is 2.74. The molecule has 104 valence electrons. The van der Waals surface area contributed by atoms with E-state index in [2.05, 4.69) is 15.9 Å². The Morgan fingerprint density at radius 3 is 2.53 bits per heavy atom. The van der Waals surface area contributed by atoms with Gasteiger partial charge in [-0.3, -0.25) is 0 Å². The molecule has 0 spiro atoms. The van der Waals surface area contributed by atoms with Gasteiger partial charge in [0.15, 0.2) is 0 Å². The largest absolute Gasteiger partial charge is 0.493 e. The van der Waals surface area contributed by atoms with Crippen LogP contribution >= 0.6 is 15.9 Å². The lowest BCUT2D eigenvalue weighted by atomic mass is 10.1. The van der Waals surface area contributed by atoms with E-state index < -0.39 is 11.7 Å². The van der Waals surface area contributed by atoms with E-state index in [4.69, 9.17) is 10.00 Å². The summed E-state index contributed by atoms with van der Waals surface area (Å²) < 4.78 is 43.6. The minimum Gasteiger partial charge on any atom is -0.493 e. The molecule has 0 heterocycles. The van der Waals surface area contributed by atoms with Crippen molar-refractivity contribution >= 4 is 15.9 Å². The van der Waals surface area contributed by atoms with Crippen LogP contribution in [0.2, 0.25) is 0 Å². The number of hydrogen-bond donors (Lipinski definition) is 0. The lowest BCUT2D eigenvalue weighted by Crippen LogP contribution is -2.10. The summed E-state index contributed by atoms with van der Waals surface area (Å²) in [6, 6.07) is 5.03. The van der Waals surface area contributed by atoms with Crippen LogP contribution in [0.1, 0.15) is 30.4 Å². The minimum absolute atomic E-state index is 0.0287. The van der Waals surface area contributed by atoms with Crippen molar-refractivity contribution in [1.82, 2.24) is 0 Å². The van der Waals surface area contributed by atoms with Gasteiger partial charge in [0.2, 0.25) is 0 Å². The number of unbranched alkanes of at least 4 members (excludes halogenated alkanes) is 2. The van der Waals surface area contributed by atoms with Crippen molar-refractivity contribution in [2.45, 2.75) is 25.4 Å². The van der Waals surface area contributed by atoms with Gasteiger partial charge < -0.3 is 4.74 Å². The summed E-state index contributed by atoms with van der Waals surface area (Å²) in [6.45, 7) is 0.238. The molecule has 1 rings (SSSR count). The Morgan fingerprint density at radius 2 is 1.95 bits per heavy atom. The third-order valence-corrected chi connectivity index (χ3v) is 3.01. The Bertz CT molecular complexity index is 454. The van der Waals surface area contributed by atoms with Gasteiger partial charge in [-0.1, -0.05) is 15.9 Å². The number of rotatable bonds is 6. The number of hydrogen-bond acceptors (Lipinski definition) is 2. The van der Waals surface area contributed by atoms with E-state index in [0.717, 1.165) is 24.2 Å². The Morgan fingerprint density at radius 1 is 1.21 bits per heavy atom. The first-order chi connectivity index (χ1) is 8.99. The highest BCUT2D eigenvalue weighted by Gasteiger charge is 2.34. The lowest BCUT2D eigenvalue weighted by Gasteiger charge is -2.14. The third kappa shape index (κ3) is 5.11. The molecule has 0 saturated heterocycles. The Hall–Kier alpha value is -1.22. The molecule has 1 aromatic rings. The van der Waals surface area contributed by atoms with Crippen LogP contribution in [-0.4, -0.2) is 11.9 Å². The molecule has 19 heavy (non-hydrogen) atoms. The highest BCUT2D eigenvalue weighted by atomic mass is 79.9. The van der Waals surface area contributed by atoms with Crippen LogP contribution in [0.3, 0.4) is 0 Å². The van der Waals surface area contributed by atoms with Gasteiger partial charge in [-0.15, -0.1) is 0 Å². The molecule has 0 amide bonds. The van der Waals surface area contributed by atoms with E-state index in [1.54, 1.807) is 6.07 Å². The van der Waals surface area contributed by atoms with Crippen molar-refractivity contribution in [3.05, 3.63) is 29.3 Å². The molecule has 0 aliphatic rings. The molecule has 0 N–H and O–H groups in total. The van der Waals surface area contributed by atoms with Crippen LogP contribution < -0.4 is 4.74 Å². The van der Waals surface area contributed by atoms with Crippen LogP contribution in [-0.2, 0) is 6.18 Å². The zero-order valence-electron chi connectivity index (χ0n) is 10.1. The Labute approximate surface area is 118 Å². The average Bonchev–Trinajstić information content (AvgIpc) is 2.37. The molecular weight excluding hydrogens is 323 g/mol. The molecule has 0 aliphatic carbocycles. The maximum absolute atomic E-state index is 12.8. The van der Waals surface area contributed by atoms with E-state index in [9.17, 15) is 13.2 Å². The molecule has 1 aromatic carbocycles. The zero-order chi connectivity index (χ0) is 14.3. The SMILES string of the molecule is N#Cc1ccc(OCCCCCBr)c(C(F)(F)F)c1. The highest BCUT2D eigenvalue weighted by Crippen LogP contribution is 2.36. The van der Waals surface area contributed by atoms with Gasteiger partial charge >= 0.3 is 6.18 Å². The van der Waals surface area contributed by atoms with Crippen molar-refractivity contribution in [3.63, 3.8) is 0 Å². The van der Waals surface area contributed by atoms with Crippen LogP contribution in [0, 0.1) is 11.3 Å². The summed E-state index contributed by atoms with van der Waals surface area (Å²) in [5.41, 5.74) is -0.925. The monoisotopic (exact) mass is 335 g/mol. The maximum Gasteiger partial charge on any atom is 0.420 e. The van der Waals surface area contributed by atoms with E-state index in [1.165, 1.54) is 12.1 Å². The van der Waals surface area contributed by atoms with Crippen molar-refractivity contribution < 1.29 is 17.9 Å². The second-order valence-corrected chi connectivity index (χ2v) is 4.71. The maximum atomic E-state index is 12.8. The number of ether oxygens (including phenoxy) is 1. The predicted molar refractivity (Wildman–Crippen MR) is 69.3 cm³/mol. The van der Waals surface area contributed by atoms with Crippen molar-refractivity contribution in [3.8, 4) is 11.8 Å². The summed E-state index contributed by atoms with van der Waals surface area (Å²) in [5.74, 6) is -0.217.